The predicted octanol–water partition coefficient (Wildman–Crippen LogP) is 3.01. The highest BCUT2D eigenvalue weighted by molar-refractivity contribution is 7.80. The van der Waals surface area contributed by atoms with Gasteiger partial charge in [0.15, 0.2) is 0 Å². The van der Waals surface area contributed by atoms with Crippen LogP contribution in [0.1, 0.15) is 22.3 Å². The largest absolute Gasteiger partial charge is 0.389 e. The molecule has 0 unspecified atom stereocenters. The normalized spacial score (nSPS) is 10.3. The van der Waals surface area contributed by atoms with Crippen LogP contribution in [0, 0.1) is 13.8 Å². The fourth-order valence-electron chi connectivity index (χ4n) is 1.75. The van der Waals surface area contributed by atoms with E-state index in [2.05, 4.69) is 28.0 Å². The Morgan fingerprint density at radius 1 is 1.39 bits per heavy atom. The molecular formula is C13H15N3S2. The van der Waals surface area contributed by atoms with Crippen molar-refractivity contribution in [2.24, 2.45) is 5.73 Å². The smallest absolute Gasteiger partial charge is 0.136 e. The summed E-state index contributed by atoms with van der Waals surface area (Å²) < 4.78 is 0. The number of thiophene rings is 1. The molecule has 0 aliphatic carbocycles. The minimum absolute atomic E-state index is 0.380. The van der Waals surface area contributed by atoms with E-state index in [0.717, 1.165) is 23.5 Å². The minimum Gasteiger partial charge on any atom is -0.389 e. The predicted molar refractivity (Wildman–Crippen MR) is 81.2 cm³/mol. The van der Waals surface area contributed by atoms with Crippen LogP contribution in [-0.2, 0) is 6.54 Å². The topological polar surface area (TPSA) is 50.9 Å². The van der Waals surface area contributed by atoms with Crippen LogP contribution in [0.3, 0.4) is 0 Å². The Labute approximate surface area is 116 Å². The fraction of sp³-hybridized carbons (Fsp3) is 0.231. The van der Waals surface area contributed by atoms with Gasteiger partial charge >= 0.3 is 0 Å². The Hall–Kier alpha value is -1.46. The van der Waals surface area contributed by atoms with Gasteiger partial charge in [-0.3, -0.25) is 0 Å². The molecule has 3 N–H and O–H groups in total. The van der Waals surface area contributed by atoms with Gasteiger partial charge in [-0.05, 0) is 47.4 Å². The van der Waals surface area contributed by atoms with Crippen molar-refractivity contribution in [2.45, 2.75) is 20.4 Å². The van der Waals surface area contributed by atoms with Gasteiger partial charge in [0.2, 0.25) is 0 Å². The second-order valence-electron chi connectivity index (χ2n) is 4.15. The Balaban J connectivity index is 2.22. The lowest BCUT2D eigenvalue weighted by molar-refractivity contribution is 1.09. The lowest BCUT2D eigenvalue weighted by Crippen LogP contribution is -2.16. The summed E-state index contributed by atoms with van der Waals surface area (Å²) in [5, 5.41) is 7.58. The second-order valence-corrected chi connectivity index (χ2v) is 5.33. The highest BCUT2D eigenvalue weighted by Crippen LogP contribution is 2.19. The Bertz CT molecular complexity index is 575. The molecule has 5 heteroatoms. The molecule has 0 aliphatic rings. The molecule has 0 atom stereocenters. The van der Waals surface area contributed by atoms with Crippen molar-refractivity contribution in [1.29, 1.82) is 0 Å². The van der Waals surface area contributed by atoms with Gasteiger partial charge in [0.05, 0.1) is 5.56 Å². The monoisotopic (exact) mass is 277 g/mol. The van der Waals surface area contributed by atoms with Crippen LogP contribution in [-0.4, -0.2) is 9.97 Å². The third kappa shape index (κ3) is 2.68. The summed E-state index contributed by atoms with van der Waals surface area (Å²) in [5.41, 5.74) is 10.2. The summed E-state index contributed by atoms with van der Waals surface area (Å²) in [6.07, 6.45) is 1.76. The first kappa shape index (κ1) is 13.0. The maximum Gasteiger partial charge on any atom is 0.136 e. The molecule has 2 rings (SSSR count). The Kier molecular flexibility index (Phi) is 3.93. The molecule has 2 aromatic heterocycles. The van der Waals surface area contributed by atoms with Crippen molar-refractivity contribution >= 4 is 34.4 Å². The SMILES string of the molecule is Cc1cscc1CNc1nccc(C)c1C(N)=S. The maximum atomic E-state index is 5.75. The molecule has 94 valence electrons. The maximum absolute atomic E-state index is 5.75. The highest BCUT2D eigenvalue weighted by Gasteiger charge is 2.10. The zero-order chi connectivity index (χ0) is 13.1. The number of pyridine rings is 1. The molecular weight excluding hydrogens is 262 g/mol. The molecule has 0 radical (unpaired) electrons. The summed E-state index contributed by atoms with van der Waals surface area (Å²) in [4.78, 5) is 4.69. The Morgan fingerprint density at radius 3 is 2.78 bits per heavy atom. The summed E-state index contributed by atoms with van der Waals surface area (Å²) in [6, 6.07) is 1.91. The first-order valence-corrected chi connectivity index (χ1v) is 6.95. The molecule has 0 spiro atoms. The van der Waals surface area contributed by atoms with Crippen LogP contribution in [0.5, 0.6) is 0 Å². The standard InChI is InChI=1S/C13H15N3S2/c1-8-3-4-15-13(11(8)12(14)17)16-5-10-7-18-6-9(10)2/h3-4,6-7H,5H2,1-2H3,(H2,14,17)(H,15,16). The van der Waals surface area contributed by atoms with Gasteiger partial charge < -0.3 is 11.1 Å². The lowest BCUT2D eigenvalue weighted by atomic mass is 10.1. The number of nitrogens with one attached hydrogen (secondary N) is 1. The number of nitrogens with zero attached hydrogens (tertiary/aromatic N) is 1. The van der Waals surface area contributed by atoms with Crippen molar-refractivity contribution in [1.82, 2.24) is 4.98 Å². The first-order chi connectivity index (χ1) is 8.59. The molecule has 0 aromatic carbocycles. The molecule has 3 nitrogen and oxygen atoms in total. The van der Waals surface area contributed by atoms with Gasteiger partial charge in [-0.2, -0.15) is 11.3 Å². The summed E-state index contributed by atoms with van der Waals surface area (Å²) in [5.74, 6) is 0.758. The molecule has 0 aliphatic heterocycles. The van der Waals surface area contributed by atoms with Gasteiger partial charge in [0.25, 0.3) is 0 Å². The van der Waals surface area contributed by atoms with Gasteiger partial charge in [-0.25, -0.2) is 4.98 Å². The number of rotatable bonds is 4. The molecule has 0 saturated heterocycles. The molecule has 0 bridgehead atoms. The molecule has 2 heterocycles. The quantitative estimate of drug-likeness (QED) is 0.844. The lowest BCUT2D eigenvalue weighted by Gasteiger charge is -2.12. The summed E-state index contributed by atoms with van der Waals surface area (Å²) in [6.45, 7) is 4.82. The second kappa shape index (κ2) is 5.46. The van der Waals surface area contributed by atoms with Crippen molar-refractivity contribution in [3.63, 3.8) is 0 Å². The van der Waals surface area contributed by atoms with Gasteiger partial charge in [0, 0.05) is 12.7 Å². The van der Waals surface area contributed by atoms with Crippen LogP contribution >= 0.6 is 23.6 Å². The molecule has 2 aromatic rings. The average molecular weight is 277 g/mol. The fourth-order valence-corrected chi connectivity index (χ4v) is 2.86. The third-order valence-corrected chi connectivity index (χ3v) is 3.93. The molecule has 0 amide bonds. The van der Waals surface area contributed by atoms with Crippen molar-refractivity contribution in [2.75, 3.05) is 5.32 Å². The van der Waals surface area contributed by atoms with Crippen LogP contribution in [0.25, 0.3) is 0 Å². The number of thiocarbonyl (C=S) groups is 1. The molecule has 0 saturated carbocycles. The van der Waals surface area contributed by atoms with Gasteiger partial charge in [-0.15, -0.1) is 0 Å². The van der Waals surface area contributed by atoms with Crippen LogP contribution in [0.2, 0.25) is 0 Å². The van der Waals surface area contributed by atoms with Crippen LogP contribution < -0.4 is 11.1 Å². The molecule has 0 fully saturated rings. The van der Waals surface area contributed by atoms with Gasteiger partial charge in [-0.1, -0.05) is 12.2 Å². The van der Waals surface area contributed by atoms with E-state index in [1.807, 2.05) is 13.0 Å². The van der Waals surface area contributed by atoms with E-state index in [0.29, 0.717) is 4.99 Å². The number of anilines is 1. The number of hydrogen-bond donors (Lipinski definition) is 2. The first-order valence-electron chi connectivity index (χ1n) is 5.60. The summed E-state index contributed by atoms with van der Waals surface area (Å²) in [7, 11) is 0. The number of aryl methyl sites for hydroxylation is 2. The van der Waals surface area contributed by atoms with E-state index >= 15 is 0 Å². The van der Waals surface area contributed by atoms with Crippen molar-refractivity contribution < 1.29 is 0 Å². The zero-order valence-electron chi connectivity index (χ0n) is 10.4. The molecule has 18 heavy (non-hydrogen) atoms. The average Bonchev–Trinajstić information content (AvgIpc) is 2.71. The number of aromatic nitrogens is 1. The van der Waals surface area contributed by atoms with E-state index in [1.165, 1.54) is 11.1 Å². The van der Waals surface area contributed by atoms with E-state index < -0.39 is 0 Å². The van der Waals surface area contributed by atoms with E-state index in [4.69, 9.17) is 18.0 Å². The number of hydrogen-bond acceptors (Lipinski definition) is 4. The number of nitrogens with two attached hydrogens (primary N) is 1. The van der Waals surface area contributed by atoms with Crippen LogP contribution in [0.15, 0.2) is 23.0 Å². The van der Waals surface area contributed by atoms with E-state index in [9.17, 15) is 0 Å². The van der Waals surface area contributed by atoms with Crippen LogP contribution in [0.4, 0.5) is 5.82 Å². The third-order valence-electron chi connectivity index (χ3n) is 2.81. The minimum atomic E-state index is 0.380. The summed E-state index contributed by atoms with van der Waals surface area (Å²) >= 11 is 6.78. The van der Waals surface area contributed by atoms with Crippen molar-refractivity contribution in [3.05, 3.63) is 45.3 Å². The Morgan fingerprint density at radius 2 is 2.17 bits per heavy atom. The van der Waals surface area contributed by atoms with Gasteiger partial charge in [0.1, 0.15) is 10.8 Å². The zero-order valence-corrected chi connectivity index (χ0v) is 12.0. The van der Waals surface area contributed by atoms with Crippen molar-refractivity contribution in [3.8, 4) is 0 Å². The van der Waals surface area contributed by atoms with E-state index in [1.54, 1.807) is 17.5 Å². The highest BCUT2D eigenvalue weighted by atomic mass is 32.1. The van der Waals surface area contributed by atoms with E-state index in [-0.39, 0.29) is 0 Å².